The van der Waals surface area contributed by atoms with Crippen molar-refractivity contribution in [3.63, 3.8) is 0 Å². The van der Waals surface area contributed by atoms with E-state index in [4.69, 9.17) is 0 Å². The van der Waals surface area contributed by atoms with Crippen molar-refractivity contribution in [2.45, 2.75) is 6.18 Å². The van der Waals surface area contributed by atoms with E-state index in [0.717, 1.165) is 18.3 Å². The lowest BCUT2D eigenvalue weighted by Gasteiger charge is -2.08. The van der Waals surface area contributed by atoms with Crippen LogP contribution >= 0.6 is 15.9 Å². The quantitative estimate of drug-likeness (QED) is 0.906. The highest BCUT2D eigenvalue weighted by molar-refractivity contribution is 9.10. The molecule has 0 atom stereocenters. The Hall–Kier alpha value is -1.96. The number of amides is 1. The van der Waals surface area contributed by atoms with E-state index in [2.05, 4.69) is 31.2 Å². The van der Waals surface area contributed by atoms with Gasteiger partial charge < -0.3 is 5.32 Å². The normalized spacial score (nSPS) is 11.2. The smallest absolute Gasteiger partial charge is 0.321 e. The van der Waals surface area contributed by atoms with E-state index in [1.165, 1.54) is 12.4 Å². The van der Waals surface area contributed by atoms with Crippen molar-refractivity contribution in [2.24, 2.45) is 0 Å². The lowest BCUT2D eigenvalue weighted by atomic mass is 10.2. The number of nitrogens with zero attached hydrogens (tertiary/aromatic N) is 2. The largest absolute Gasteiger partial charge is 0.433 e. The Kier molecular flexibility index (Phi) is 4.03. The number of nitrogens with one attached hydrogen (secondary N) is 1. The van der Waals surface area contributed by atoms with E-state index >= 15 is 0 Å². The summed E-state index contributed by atoms with van der Waals surface area (Å²) >= 11 is 3.19. The van der Waals surface area contributed by atoms with Crippen LogP contribution in [0.1, 0.15) is 16.1 Å². The Morgan fingerprint density at radius 2 is 1.95 bits per heavy atom. The molecule has 0 aromatic carbocycles. The molecule has 0 bridgehead atoms. The molecule has 2 rings (SSSR count). The summed E-state index contributed by atoms with van der Waals surface area (Å²) < 4.78 is 37.6. The van der Waals surface area contributed by atoms with Gasteiger partial charge in [0.05, 0.1) is 15.7 Å². The summed E-state index contributed by atoms with van der Waals surface area (Å²) in [4.78, 5) is 18.9. The highest BCUT2D eigenvalue weighted by atomic mass is 79.9. The Bertz CT molecular complexity index is 629. The van der Waals surface area contributed by atoms with E-state index in [1.54, 1.807) is 6.07 Å². The van der Waals surface area contributed by atoms with E-state index in [-0.39, 0.29) is 5.56 Å². The second-order valence-electron chi connectivity index (χ2n) is 3.74. The van der Waals surface area contributed by atoms with E-state index in [9.17, 15) is 18.0 Å². The molecule has 2 aromatic heterocycles. The molecular formula is C12H7BrF3N3O. The van der Waals surface area contributed by atoms with Gasteiger partial charge >= 0.3 is 6.18 Å². The van der Waals surface area contributed by atoms with Gasteiger partial charge in [0.15, 0.2) is 0 Å². The van der Waals surface area contributed by atoms with Gasteiger partial charge in [0.25, 0.3) is 5.91 Å². The van der Waals surface area contributed by atoms with Crippen molar-refractivity contribution in [1.82, 2.24) is 9.97 Å². The fraction of sp³-hybridized carbons (Fsp3) is 0.0833. The van der Waals surface area contributed by atoms with Crippen LogP contribution in [0.25, 0.3) is 0 Å². The minimum absolute atomic E-state index is 0.0294. The standard InChI is InChI=1S/C12H7BrF3N3O/c13-8-6-17-4-3-9(8)19-11(20)7-1-2-10(18-5-7)12(14,15)16/h1-6H,(H,17,19,20). The number of hydrogen-bond acceptors (Lipinski definition) is 3. The average Bonchev–Trinajstić information content (AvgIpc) is 2.40. The van der Waals surface area contributed by atoms with Gasteiger partial charge in [-0.15, -0.1) is 0 Å². The molecule has 0 aliphatic carbocycles. The summed E-state index contributed by atoms with van der Waals surface area (Å²) in [5, 5.41) is 2.54. The minimum Gasteiger partial charge on any atom is -0.321 e. The van der Waals surface area contributed by atoms with Crippen LogP contribution in [0.4, 0.5) is 18.9 Å². The van der Waals surface area contributed by atoms with E-state index in [1.807, 2.05) is 0 Å². The number of alkyl halides is 3. The third-order valence-electron chi connectivity index (χ3n) is 2.34. The lowest BCUT2D eigenvalue weighted by molar-refractivity contribution is -0.141. The van der Waals surface area contributed by atoms with Crippen LogP contribution in [0.15, 0.2) is 41.3 Å². The number of carbonyl (C=O) groups is 1. The van der Waals surface area contributed by atoms with Gasteiger partial charge in [-0.2, -0.15) is 13.2 Å². The fourth-order valence-corrected chi connectivity index (χ4v) is 1.72. The second-order valence-corrected chi connectivity index (χ2v) is 4.59. The van der Waals surface area contributed by atoms with Crippen molar-refractivity contribution in [2.75, 3.05) is 5.32 Å². The fourth-order valence-electron chi connectivity index (χ4n) is 1.37. The summed E-state index contributed by atoms with van der Waals surface area (Å²) in [5.74, 6) is -0.557. The number of hydrogen-bond donors (Lipinski definition) is 1. The summed E-state index contributed by atoms with van der Waals surface area (Å²) in [6.45, 7) is 0. The number of pyridine rings is 2. The van der Waals surface area contributed by atoms with Crippen LogP contribution in [0, 0.1) is 0 Å². The first-order chi connectivity index (χ1) is 9.38. The zero-order chi connectivity index (χ0) is 14.8. The number of anilines is 1. The van der Waals surface area contributed by atoms with Crippen LogP contribution < -0.4 is 5.32 Å². The minimum atomic E-state index is -4.52. The maximum Gasteiger partial charge on any atom is 0.433 e. The zero-order valence-corrected chi connectivity index (χ0v) is 11.4. The molecule has 2 heterocycles. The van der Waals surface area contributed by atoms with Gasteiger partial charge in [-0.1, -0.05) is 0 Å². The molecule has 1 N–H and O–H groups in total. The van der Waals surface area contributed by atoms with Crippen LogP contribution in [-0.4, -0.2) is 15.9 Å². The van der Waals surface area contributed by atoms with Gasteiger partial charge in [0.1, 0.15) is 5.69 Å². The first kappa shape index (κ1) is 14.4. The summed E-state index contributed by atoms with van der Waals surface area (Å²) in [6, 6.07) is 3.39. The van der Waals surface area contributed by atoms with E-state index < -0.39 is 17.8 Å². The highest BCUT2D eigenvalue weighted by Gasteiger charge is 2.32. The van der Waals surface area contributed by atoms with Crippen LogP contribution in [0.2, 0.25) is 0 Å². The molecule has 20 heavy (non-hydrogen) atoms. The first-order valence-electron chi connectivity index (χ1n) is 5.32. The number of halogens is 4. The Labute approximate surface area is 120 Å². The molecule has 0 aliphatic rings. The average molecular weight is 346 g/mol. The van der Waals surface area contributed by atoms with Crippen molar-refractivity contribution in [3.05, 3.63) is 52.5 Å². The van der Waals surface area contributed by atoms with Gasteiger partial charge in [-0.25, -0.2) is 0 Å². The topological polar surface area (TPSA) is 54.9 Å². The molecule has 8 heteroatoms. The third kappa shape index (κ3) is 3.32. The van der Waals surface area contributed by atoms with Gasteiger partial charge in [-0.05, 0) is 34.1 Å². The van der Waals surface area contributed by atoms with E-state index in [0.29, 0.717) is 10.2 Å². The lowest BCUT2D eigenvalue weighted by Crippen LogP contribution is -2.14. The summed E-state index contributed by atoms with van der Waals surface area (Å²) in [7, 11) is 0. The van der Waals surface area contributed by atoms with Gasteiger partial charge in [-0.3, -0.25) is 14.8 Å². The molecule has 0 radical (unpaired) electrons. The highest BCUT2D eigenvalue weighted by Crippen LogP contribution is 2.27. The molecule has 1 amide bonds. The van der Waals surface area contributed by atoms with Gasteiger partial charge in [0, 0.05) is 18.6 Å². The molecule has 2 aromatic rings. The Morgan fingerprint density at radius 1 is 1.20 bits per heavy atom. The zero-order valence-electron chi connectivity index (χ0n) is 9.78. The van der Waals surface area contributed by atoms with Gasteiger partial charge in [0.2, 0.25) is 0 Å². The summed E-state index contributed by atoms with van der Waals surface area (Å²) in [6.07, 6.45) is -0.678. The second kappa shape index (κ2) is 5.58. The van der Waals surface area contributed by atoms with Crippen molar-refractivity contribution in [1.29, 1.82) is 0 Å². The molecule has 0 fully saturated rings. The van der Waals surface area contributed by atoms with Crippen molar-refractivity contribution in [3.8, 4) is 0 Å². The number of aromatic nitrogens is 2. The summed E-state index contributed by atoms with van der Waals surface area (Å²) in [5.41, 5.74) is -0.550. The molecule has 0 saturated carbocycles. The molecule has 0 saturated heterocycles. The Balaban J connectivity index is 2.16. The number of rotatable bonds is 2. The monoisotopic (exact) mass is 345 g/mol. The van der Waals surface area contributed by atoms with Crippen molar-refractivity contribution < 1.29 is 18.0 Å². The SMILES string of the molecule is O=C(Nc1ccncc1Br)c1ccc(C(F)(F)F)nc1. The van der Waals surface area contributed by atoms with Crippen LogP contribution in [0.5, 0.6) is 0 Å². The van der Waals surface area contributed by atoms with Crippen LogP contribution in [-0.2, 0) is 6.18 Å². The predicted octanol–water partition coefficient (Wildman–Crippen LogP) is 3.51. The first-order valence-corrected chi connectivity index (χ1v) is 6.11. The molecule has 104 valence electrons. The molecule has 4 nitrogen and oxygen atoms in total. The predicted molar refractivity (Wildman–Crippen MR) is 69.1 cm³/mol. The Morgan fingerprint density at radius 3 is 2.50 bits per heavy atom. The maximum atomic E-state index is 12.3. The molecule has 0 unspecified atom stereocenters. The third-order valence-corrected chi connectivity index (χ3v) is 2.97. The number of carbonyl (C=O) groups excluding carboxylic acids is 1. The van der Waals surface area contributed by atoms with Crippen LogP contribution in [0.3, 0.4) is 0 Å². The maximum absolute atomic E-state index is 12.3. The molecule has 0 aliphatic heterocycles. The van der Waals surface area contributed by atoms with Crippen molar-refractivity contribution >= 4 is 27.5 Å². The molecular weight excluding hydrogens is 339 g/mol. The molecule has 0 spiro atoms.